The van der Waals surface area contributed by atoms with E-state index in [1.165, 1.54) is 0 Å². The summed E-state index contributed by atoms with van der Waals surface area (Å²) in [6.45, 7) is 0. The first-order chi connectivity index (χ1) is 2.00. The van der Waals surface area contributed by atoms with Crippen molar-refractivity contribution >= 4 is 71.2 Å². The smallest absolute Gasteiger partial charge is 1.00 e. The summed E-state index contributed by atoms with van der Waals surface area (Å²) in [4.78, 5) is 0. The maximum atomic E-state index is 8.52. The predicted molar refractivity (Wildman–Crippen MR) is 24.2 cm³/mol. The van der Waals surface area contributed by atoms with Crippen LogP contribution in [0, 0.1) is 0 Å². The van der Waals surface area contributed by atoms with Crippen molar-refractivity contribution in [2.45, 2.75) is 0 Å². The van der Waals surface area contributed by atoms with Crippen LogP contribution in [0.15, 0.2) is 0 Å². The summed E-state index contributed by atoms with van der Waals surface area (Å²) >= 11 is 0. The van der Waals surface area contributed by atoms with Crippen LogP contribution in [0.3, 0.4) is 0 Å². The topological polar surface area (TPSA) is 80.3 Å². The number of hydrogen-bond acceptors (Lipinski definition) is 4. The van der Waals surface area contributed by atoms with E-state index in [-0.39, 0.29) is 83.1 Å². The zero-order chi connectivity index (χ0) is 4.50. The van der Waals surface area contributed by atoms with Gasteiger partial charge in [0.2, 0.25) is 0 Å². The van der Waals surface area contributed by atoms with Crippen molar-refractivity contribution in [3.63, 3.8) is 0 Å². The van der Waals surface area contributed by atoms with Gasteiger partial charge >= 0.3 is 60.8 Å². The van der Waals surface area contributed by atoms with Crippen molar-refractivity contribution in [1.82, 2.24) is 0 Å². The Kier molecular flexibility index (Phi) is 26.7. The van der Waals surface area contributed by atoms with Crippen molar-refractivity contribution in [2.75, 3.05) is 0 Å². The van der Waals surface area contributed by atoms with Crippen LogP contribution < -0.4 is 0 Å². The summed E-state index contributed by atoms with van der Waals surface area (Å²) in [6.07, 6.45) is 0. The Labute approximate surface area is 109 Å². The van der Waals surface area contributed by atoms with Gasteiger partial charge in [0.25, 0.3) is 0 Å². The zero-order valence-electron chi connectivity index (χ0n) is 6.16. The first-order valence-corrected chi connectivity index (χ1v) is 2.00. The minimum absolute atomic E-state index is 0. The van der Waals surface area contributed by atoms with Crippen molar-refractivity contribution in [1.29, 1.82) is 0 Å². The Bertz CT molecular complexity index is 106. The molecule has 0 saturated carbocycles. The van der Waals surface area contributed by atoms with E-state index in [0.29, 0.717) is 0 Å². The van der Waals surface area contributed by atoms with E-state index in [1.807, 2.05) is 0 Å². The molecule has 0 heterocycles. The van der Waals surface area contributed by atoms with Crippen LogP contribution in [0.25, 0.3) is 0 Å². The molecule has 0 bridgehead atoms. The van der Waals surface area contributed by atoms with Crippen molar-refractivity contribution < 1.29 is 39.9 Å². The van der Waals surface area contributed by atoms with Gasteiger partial charge in [0.15, 0.2) is 0 Å². The summed E-state index contributed by atoms with van der Waals surface area (Å²) in [7, 11) is -5.17. The minimum Gasteiger partial charge on any atom is -1.00 e. The standard InChI is InChI=1S/Ca.Mg.H2O4S.Zn.2H/c;;1-5(2,3)4;;;/h;;(H2,1,2,3,4);;;/q2*+2;;;2*-1/p-2. The molecule has 0 N–H and O–H groups in total. The van der Waals surface area contributed by atoms with Crippen LogP contribution in [-0.2, 0) is 29.9 Å². The van der Waals surface area contributed by atoms with E-state index in [9.17, 15) is 0 Å². The van der Waals surface area contributed by atoms with Crippen LogP contribution in [0.4, 0.5) is 0 Å². The molecule has 4 nitrogen and oxygen atoms in total. The van der Waals surface area contributed by atoms with Gasteiger partial charge in [-0.2, -0.15) is 0 Å². The number of rotatable bonds is 0. The third-order valence-electron chi connectivity index (χ3n) is 0. The summed E-state index contributed by atoms with van der Waals surface area (Å²) in [5.74, 6) is 0. The molecule has 8 heavy (non-hydrogen) atoms. The fourth-order valence-electron chi connectivity index (χ4n) is 0. The summed E-state index contributed by atoms with van der Waals surface area (Å²) in [6, 6.07) is 0. The molecule has 0 amide bonds. The van der Waals surface area contributed by atoms with Gasteiger partial charge in [0, 0.05) is 29.9 Å². The van der Waals surface area contributed by atoms with E-state index >= 15 is 0 Å². The molecule has 0 unspecified atom stereocenters. The van der Waals surface area contributed by atoms with Gasteiger partial charge in [-0.1, -0.05) is 0 Å². The first kappa shape index (κ1) is 22.4. The second kappa shape index (κ2) is 9.52. The molecule has 0 aromatic carbocycles. The molecule has 0 aliphatic rings. The maximum Gasteiger partial charge on any atom is 2.00 e. The Hall–Kier alpha value is 2.52. The van der Waals surface area contributed by atoms with Crippen LogP contribution >= 0.6 is 0 Å². The van der Waals surface area contributed by atoms with Crippen LogP contribution in [0.1, 0.15) is 2.85 Å². The molecule has 0 saturated heterocycles. The molecule has 0 radical (unpaired) electrons. The minimum atomic E-state index is -5.17. The van der Waals surface area contributed by atoms with Gasteiger partial charge < -0.3 is 12.0 Å². The van der Waals surface area contributed by atoms with Gasteiger partial charge in [-0.15, -0.1) is 0 Å². The third kappa shape index (κ3) is 75.9. The number of hydrogen-bond donors (Lipinski definition) is 0. The van der Waals surface area contributed by atoms with E-state index in [2.05, 4.69) is 0 Å². The Balaban J connectivity index is -0.00000000800. The Morgan fingerprint density at radius 1 is 1.25 bits per heavy atom. The quantitative estimate of drug-likeness (QED) is 0.276. The maximum absolute atomic E-state index is 8.52. The van der Waals surface area contributed by atoms with Gasteiger partial charge in [-0.25, -0.2) is 0 Å². The average Bonchev–Trinajstić information content (AvgIpc) is 0.722. The third-order valence-corrected chi connectivity index (χ3v) is 0. The summed E-state index contributed by atoms with van der Waals surface area (Å²) in [5.41, 5.74) is 0. The SMILES string of the molecule is O=S(=O)([O-])[O-].[Ca+2].[H-].[H-].[Mg+2].[Zn]. The summed E-state index contributed by atoms with van der Waals surface area (Å²) < 4.78 is 34.1. The molecule has 8 heteroatoms. The monoisotopic (exact) mass is 226 g/mol. The van der Waals surface area contributed by atoms with Crippen molar-refractivity contribution in [2.24, 2.45) is 0 Å². The predicted octanol–water partition coefficient (Wildman–Crippen LogP) is -1.88. The van der Waals surface area contributed by atoms with Crippen LogP contribution in [-0.4, -0.2) is 78.3 Å². The Morgan fingerprint density at radius 3 is 1.25 bits per heavy atom. The Morgan fingerprint density at radius 2 is 1.25 bits per heavy atom. The normalized spacial score (nSPS) is 7.25. The largest absolute Gasteiger partial charge is 2.00 e. The van der Waals surface area contributed by atoms with Gasteiger partial charge in [-0.05, 0) is 0 Å². The summed E-state index contributed by atoms with van der Waals surface area (Å²) in [5, 5.41) is 0. The molecule has 0 rings (SSSR count). The molecule has 0 aromatic rings. The molecule has 0 fully saturated rings. The van der Waals surface area contributed by atoms with Crippen molar-refractivity contribution in [3.8, 4) is 0 Å². The molecule has 0 aliphatic carbocycles. The molecular formula is H2CaMgO4SZn. The van der Waals surface area contributed by atoms with E-state index < -0.39 is 10.4 Å². The van der Waals surface area contributed by atoms with Crippen molar-refractivity contribution in [3.05, 3.63) is 0 Å². The molecule has 0 atom stereocenters. The molecule has 0 aliphatic heterocycles. The van der Waals surface area contributed by atoms with Gasteiger partial charge in [-0.3, -0.25) is 8.42 Å². The molecule has 38 valence electrons. The fourth-order valence-corrected chi connectivity index (χ4v) is 0. The zero-order valence-corrected chi connectivity index (χ0v) is 11.6. The van der Waals surface area contributed by atoms with Gasteiger partial charge in [0.1, 0.15) is 0 Å². The second-order valence-corrected chi connectivity index (χ2v) is 1.22. The van der Waals surface area contributed by atoms with E-state index in [0.717, 1.165) is 0 Å². The first-order valence-electron chi connectivity index (χ1n) is 0.667. The van der Waals surface area contributed by atoms with Crippen LogP contribution in [0.5, 0.6) is 0 Å². The van der Waals surface area contributed by atoms with Crippen LogP contribution in [0.2, 0.25) is 0 Å². The second-order valence-electron chi connectivity index (χ2n) is 0.408. The van der Waals surface area contributed by atoms with E-state index in [1.54, 1.807) is 0 Å². The average molecular weight is 228 g/mol. The van der Waals surface area contributed by atoms with E-state index in [4.69, 9.17) is 17.5 Å². The molecular weight excluding hydrogens is 226 g/mol. The molecule has 0 aromatic heterocycles. The molecule has 0 spiro atoms. The fraction of sp³-hybridized carbons (Fsp3) is 0. The van der Waals surface area contributed by atoms with Gasteiger partial charge in [0.05, 0.1) is 0 Å².